The van der Waals surface area contributed by atoms with E-state index in [4.69, 9.17) is 4.52 Å². The molecule has 0 aliphatic heterocycles. The van der Waals surface area contributed by atoms with Gasteiger partial charge < -0.3 is 9.84 Å². The van der Waals surface area contributed by atoms with Gasteiger partial charge in [0.25, 0.3) is 0 Å². The van der Waals surface area contributed by atoms with E-state index in [9.17, 15) is 4.79 Å². The topological polar surface area (TPSA) is 80.9 Å². The number of amides is 1. The van der Waals surface area contributed by atoms with Crippen LogP contribution in [0.15, 0.2) is 28.9 Å². The molecule has 0 unspecified atom stereocenters. The van der Waals surface area contributed by atoms with Crippen molar-refractivity contribution in [3.8, 4) is 11.5 Å². The van der Waals surface area contributed by atoms with E-state index in [-0.39, 0.29) is 12.5 Å². The maximum atomic E-state index is 11.6. The van der Waals surface area contributed by atoms with Crippen molar-refractivity contribution in [2.45, 2.75) is 25.6 Å². The van der Waals surface area contributed by atoms with Crippen molar-refractivity contribution in [3.05, 3.63) is 30.3 Å². The molecular weight excluding hydrogens is 276 g/mol. The van der Waals surface area contributed by atoms with Crippen LogP contribution in [0.5, 0.6) is 0 Å². The minimum Gasteiger partial charge on any atom is -0.346 e. The minimum absolute atomic E-state index is 0.0405. The second kappa shape index (κ2) is 7.04. The van der Waals surface area contributed by atoms with Crippen LogP contribution in [0.2, 0.25) is 0 Å². The second-order valence-electron chi connectivity index (χ2n) is 4.36. The van der Waals surface area contributed by atoms with Gasteiger partial charge in [-0.25, -0.2) is 0 Å². The molecule has 1 amide bonds. The van der Waals surface area contributed by atoms with Crippen LogP contribution >= 0.6 is 11.8 Å². The molecule has 2 aromatic heterocycles. The summed E-state index contributed by atoms with van der Waals surface area (Å²) in [5.41, 5.74) is 0.643. The van der Waals surface area contributed by atoms with Gasteiger partial charge in [-0.3, -0.25) is 9.78 Å². The summed E-state index contributed by atoms with van der Waals surface area (Å²) < 4.78 is 5.07. The summed E-state index contributed by atoms with van der Waals surface area (Å²) in [5, 5.41) is 7.01. The van der Waals surface area contributed by atoms with Gasteiger partial charge in [0.05, 0.1) is 12.3 Å². The maximum Gasteiger partial charge on any atom is 0.246 e. The van der Waals surface area contributed by atoms with Crippen LogP contribution < -0.4 is 5.32 Å². The number of carbonyl (C=O) groups is 1. The van der Waals surface area contributed by atoms with E-state index >= 15 is 0 Å². The first kappa shape index (κ1) is 14.5. The average molecular weight is 292 g/mol. The molecule has 2 heterocycles. The Hall–Kier alpha value is -1.89. The molecule has 0 atom stereocenters. The van der Waals surface area contributed by atoms with Crippen molar-refractivity contribution in [3.63, 3.8) is 0 Å². The highest BCUT2D eigenvalue weighted by atomic mass is 32.2. The average Bonchev–Trinajstić information content (AvgIpc) is 2.93. The molecule has 20 heavy (non-hydrogen) atoms. The molecule has 2 rings (SSSR count). The predicted molar refractivity (Wildman–Crippen MR) is 77.0 cm³/mol. The highest BCUT2D eigenvalue weighted by molar-refractivity contribution is 8.00. The molecule has 0 saturated carbocycles. The van der Waals surface area contributed by atoms with Crippen molar-refractivity contribution < 1.29 is 9.32 Å². The first-order chi connectivity index (χ1) is 9.65. The van der Waals surface area contributed by atoms with Gasteiger partial charge in [0.15, 0.2) is 0 Å². The van der Waals surface area contributed by atoms with E-state index in [1.54, 1.807) is 24.0 Å². The Balaban J connectivity index is 1.86. The fourth-order valence-corrected chi connectivity index (χ4v) is 1.98. The summed E-state index contributed by atoms with van der Waals surface area (Å²) in [4.78, 5) is 19.9. The standard InChI is InChI=1S/C13H16N4O2S/c1-9(2)20-8-11(18)15-7-12-16-13(17-19-12)10-5-3-4-6-14-10/h3-6,9H,7-8H2,1-2H3,(H,15,18). The van der Waals surface area contributed by atoms with E-state index in [0.717, 1.165) is 0 Å². The van der Waals surface area contributed by atoms with E-state index in [1.807, 2.05) is 12.1 Å². The molecular formula is C13H16N4O2S. The van der Waals surface area contributed by atoms with Crippen LogP contribution in [0.1, 0.15) is 19.7 Å². The van der Waals surface area contributed by atoms with E-state index < -0.39 is 0 Å². The summed E-state index contributed by atoms with van der Waals surface area (Å²) in [6, 6.07) is 5.47. The normalized spacial score (nSPS) is 10.8. The first-order valence-corrected chi connectivity index (χ1v) is 7.32. The highest BCUT2D eigenvalue weighted by Crippen LogP contribution is 2.12. The molecule has 0 aliphatic rings. The lowest BCUT2D eigenvalue weighted by molar-refractivity contribution is -0.118. The fraction of sp³-hybridized carbons (Fsp3) is 0.385. The number of hydrogen-bond acceptors (Lipinski definition) is 6. The molecule has 0 radical (unpaired) electrons. The van der Waals surface area contributed by atoms with Gasteiger partial charge in [0, 0.05) is 6.20 Å². The highest BCUT2D eigenvalue weighted by Gasteiger charge is 2.10. The lowest BCUT2D eigenvalue weighted by atomic mass is 10.3. The number of nitrogens with one attached hydrogen (secondary N) is 1. The molecule has 0 aromatic carbocycles. The van der Waals surface area contributed by atoms with Crippen molar-refractivity contribution in [2.75, 3.05) is 5.75 Å². The summed E-state index contributed by atoms with van der Waals surface area (Å²) in [7, 11) is 0. The molecule has 1 N–H and O–H groups in total. The van der Waals surface area contributed by atoms with E-state index in [2.05, 4.69) is 34.3 Å². The monoisotopic (exact) mass is 292 g/mol. The molecule has 0 bridgehead atoms. The Kier molecular flexibility index (Phi) is 5.11. The molecule has 0 spiro atoms. The molecule has 6 nitrogen and oxygen atoms in total. The maximum absolute atomic E-state index is 11.6. The van der Waals surface area contributed by atoms with Crippen molar-refractivity contribution in [1.29, 1.82) is 0 Å². The zero-order valence-corrected chi connectivity index (χ0v) is 12.2. The third-order valence-electron chi connectivity index (χ3n) is 2.35. The molecule has 7 heteroatoms. The number of pyridine rings is 1. The number of hydrogen-bond donors (Lipinski definition) is 1. The zero-order chi connectivity index (χ0) is 14.4. The molecule has 106 valence electrons. The minimum atomic E-state index is -0.0405. The van der Waals surface area contributed by atoms with Crippen LogP contribution in [-0.2, 0) is 11.3 Å². The van der Waals surface area contributed by atoms with Gasteiger partial charge in [-0.2, -0.15) is 4.98 Å². The van der Waals surface area contributed by atoms with E-state index in [0.29, 0.717) is 28.4 Å². The van der Waals surface area contributed by atoms with Crippen LogP contribution in [0.25, 0.3) is 11.5 Å². The number of thioether (sulfide) groups is 1. The smallest absolute Gasteiger partial charge is 0.246 e. The summed E-state index contributed by atoms with van der Waals surface area (Å²) >= 11 is 1.59. The van der Waals surface area contributed by atoms with Gasteiger partial charge in [-0.15, -0.1) is 11.8 Å². The largest absolute Gasteiger partial charge is 0.346 e. The summed E-state index contributed by atoms with van der Waals surface area (Å²) in [5.74, 6) is 1.18. The number of carbonyl (C=O) groups excluding carboxylic acids is 1. The third kappa shape index (κ3) is 4.34. The van der Waals surface area contributed by atoms with Crippen LogP contribution in [0.3, 0.4) is 0 Å². The Bertz CT molecular complexity index is 557. The number of nitrogens with zero attached hydrogens (tertiary/aromatic N) is 3. The van der Waals surface area contributed by atoms with Crippen LogP contribution in [-0.4, -0.2) is 32.0 Å². The first-order valence-electron chi connectivity index (χ1n) is 6.27. The Morgan fingerprint density at radius 1 is 1.45 bits per heavy atom. The van der Waals surface area contributed by atoms with Crippen molar-refractivity contribution in [2.24, 2.45) is 0 Å². The predicted octanol–water partition coefficient (Wildman–Crippen LogP) is 1.89. The van der Waals surface area contributed by atoms with E-state index in [1.165, 1.54) is 0 Å². The lowest BCUT2D eigenvalue weighted by Crippen LogP contribution is -2.25. The number of aromatic nitrogens is 3. The van der Waals surface area contributed by atoms with Gasteiger partial charge in [-0.05, 0) is 17.4 Å². The number of rotatable bonds is 6. The van der Waals surface area contributed by atoms with Crippen molar-refractivity contribution in [1.82, 2.24) is 20.4 Å². The third-order valence-corrected chi connectivity index (χ3v) is 3.44. The molecule has 0 aliphatic carbocycles. The Labute approximate surface area is 121 Å². The van der Waals surface area contributed by atoms with Crippen LogP contribution in [0.4, 0.5) is 0 Å². The second-order valence-corrected chi connectivity index (χ2v) is 5.93. The SMILES string of the molecule is CC(C)SCC(=O)NCc1nc(-c2ccccn2)no1. The Morgan fingerprint density at radius 3 is 3.00 bits per heavy atom. The van der Waals surface area contributed by atoms with Crippen LogP contribution in [0, 0.1) is 0 Å². The summed E-state index contributed by atoms with van der Waals surface area (Å²) in [6.07, 6.45) is 1.66. The van der Waals surface area contributed by atoms with Crippen molar-refractivity contribution >= 4 is 17.7 Å². The molecule has 2 aromatic rings. The zero-order valence-electron chi connectivity index (χ0n) is 11.4. The fourth-order valence-electron chi connectivity index (χ4n) is 1.39. The quantitative estimate of drug-likeness (QED) is 0.875. The molecule has 0 saturated heterocycles. The van der Waals surface area contributed by atoms with Gasteiger partial charge >= 0.3 is 0 Å². The van der Waals surface area contributed by atoms with Gasteiger partial charge in [0.2, 0.25) is 17.6 Å². The summed E-state index contributed by atoms with van der Waals surface area (Å²) in [6.45, 7) is 4.33. The Morgan fingerprint density at radius 2 is 2.30 bits per heavy atom. The van der Waals surface area contributed by atoms with Gasteiger partial charge in [0.1, 0.15) is 5.69 Å². The molecule has 0 fully saturated rings. The van der Waals surface area contributed by atoms with Gasteiger partial charge in [-0.1, -0.05) is 25.1 Å². The lowest BCUT2D eigenvalue weighted by Gasteiger charge is -2.04.